The first-order chi connectivity index (χ1) is 13.4. The summed E-state index contributed by atoms with van der Waals surface area (Å²) < 4.78 is 39.6. The number of methoxy groups -OCH3 is 1. The molecular weight excluding hydrogens is 384 g/mol. The van der Waals surface area contributed by atoms with Crippen molar-refractivity contribution in [2.24, 2.45) is 7.05 Å². The lowest BCUT2D eigenvalue weighted by Gasteiger charge is -2.15. The number of hydrogen-bond acceptors (Lipinski definition) is 4. The van der Waals surface area contributed by atoms with Gasteiger partial charge in [0.15, 0.2) is 17.3 Å². The van der Waals surface area contributed by atoms with E-state index in [1.54, 1.807) is 37.1 Å². The van der Waals surface area contributed by atoms with E-state index in [1.807, 2.05) is 18.4 Å². The molecule has 1 heterocycles. The van der Waals surface area contributed by atoms with Crippen LogP contribution in [-0.4, -0.2) is 17.9 Å². The second-order valence-corrected chi connectivity index (χ2v) is 7.02. The van der Waals surface area contributed by atoms with Gasteiger partial charge in [0.1, 0.15) is 11.6 Å². The quantitative estimate of drug-likeness (QED) is 0.581. The number of benzene rings is 2. The summed E-state index contributed by atoms with van der Waals surface area (Å²) in [5.74, 6) is -0.205. The van der Waals surface area contributed by atoms with Gasteiger partial charge in [-0.05, 0) is 42.2 Å². The van der Waals surface area contributed by atoms with E-state index in [0.717, 1.165) is 23.4 Å². The number of aryl methyl sites for hydroxylation is 1. The molecule has 28 heavy (non-hydrogen) atoms. The lowest BCUT2D eigenvalue weighted by atomic mass is 10.0. The third-order valence-corrected chi connectivity index (χ3v) is 4.77. The maximum atomic E-state index is 14.1. The van der Waals surface area contributed by atoms with Crippen LogP contribution in [0.25, 0.3) is 11.1 Å². The topological polar surface area (TPSA) is 40.5 Å². The van der Waals surface area contributed by atoms with Crippen LogP contribution in [0, 0.1) is 11.6 Å². The van der Waals surface area contributed by atoms with Crippen molar-refractivity contribution in [3.05, 3.63) is 76.2 Å². The molecule has 7 heteroatoms. The molecule has 146 valence electrons. The molecule has 1 aromatic heterocycles. The monoisotopic (exact) mass is 403 g/mol. The number of aromatic nitrogens is 1. The average Bonchev–Trinajstić information content (AvgIpc) is 2.67. The molecule has 0 aliphatic rings. The Labute approximate surface area is 165 Å². The van der Waals surface area contributed by atoms with Gasteiger partial charge in [-0.15, -0.1) is 0 Å². The predicted octanol–water partition coefficient (Wildman–Crippen LogP) is 4.99. The molecule has 4 nitrogen and oxygen atoms in total. The molecule has 0 aliphatic heterocycles. The molecule has 3 rings (SSSR count). The van der Waals surface area contributed by atoms with E-state index < -0.39 is 11.6 Å². The maximum Gasteiger partial charge on any atom is 0.292 e. The molecule has 2 aromatic carbocycles. The van der Waals surface area contributed by atoms with Gasteiger partial charge in [0.25, 0.3) is 5.56 Å². The van der Waals surface area contributed by atoms with Crippen molar-refractivity contribution in [3.63, 3.8) is 0 Å². The van der Waals surface area contributed by atoms with Crippen LogP contribution in [0.5, 0.6) is 17.2 Å². The van der Waals surface area contributed by atoms with Crippen LogP contribution in [0.1, 0.15) is 5.56 Å². The second-order valence-electron chi connectivity index (χ2n) is 6.15. The minimum atomic E-state index is -0.794. The van der Waals surface area contributed by atoms with E-state index in [9.17, 15) is 13.6 Å². The van der Waals surface area contributed by atoms with Crippen molar-refractivity contribution in [1.29, 1.82) is 0 Å². The number of halogens is 2. The van der Waals surface area contributed by atoms with Crippen molar-refractivity contribution >= 4 is 11.8 Å². The molecule has 0 atom stereocenters. The van der Waals surface area contributed by atoms with Gasteiger partial charge in [-0.25, -0.2) is 8.78 Å². The molecule has 0 aliphatic carbocycles. The molecule has 0 radical (unpaired) electrons. The fourth-order valence-corrected chi connectivity index (χ4v) is 3.31. The summed E-state index contributed by atoms with van der Waals surface area (Å²) in [5, 5.41) is 0. The first-order valence-corrected chi connectivity index (χ1v) is 9.82. The van der Waals surface area contributed by atoms with E-state index in [2.05, 4.69) is 0 Å². The van der Waals surface area contributed by atoms with Crippen molar-refractivity contribution < 1.29 is 18.3 Å². The number of hydrogen-bond donors (Lipinski definition) is 0. The van der Waals surface area contributed by atoms with E-state index in [-0.39, 0.29) is 17.1 Å². The zero-order chi connectivity index (χ0) is 20.3. The highest BCUT2D eigenvalue weighted by atomic mass is 32.2. The Morgan fingerprint density at radius 1 is 1.04 bits per heavy atom. The van der Waals surface area contributed by atoms with Gasteiger partial charge in [-0.3, -0.25) is 4.79 Å². The Morgan fingerprint density at radius 3 is 2.46 bits per heavy atom. The van der Waals surface area contributed by atoms with Crippen LogP contribution in [0.4, 0.5) is 8.78 Å². The molecule has 0 bridgehead atoms. The van der Waals surface area contributed by atoms with Crippen LogP contribution < -0.4 is 15.0 Å². The first-order valence-electron chi connectivity index (χ1n) is 8.42. The molecule has 0 N–H and O–H groups in total. The number of thioether (sulfide) groups is 1. The maximum absolute atomic E-state index is 14.1. The molecule has 0 fully saturated rings. The Hall–Kier alpha value is -2.80. The largest absolute Gasteiger partial charge is 0.491 e. The van der Waals surface area contributed by atoms with Crippen molar-refractivity contribution in [3.8, 4) is 28.4 Å². The first kappa shape index (κ1) is 19.9. The normalized spacial score (nSPS) is 10.8. The number of nitrogens with zero attached hydrogens (tertiary/aromatic N) is 1. The van der Waals surface area contributed by atoms with E-state index in [0.29, 0.717) is 16.9 Å². The number of pyridine rings is 1. The summed E-state index contributed by atoms with van der Waals surface area (Å²) >= 11 is 1.66. The lowest BCUT2D eigenvalue weighted by Crippen LogP contribution is -2.17. The minimum Gasteiger partial charge on any atom is -0.491 e. The summed E-state index contributed by atoms with van der Waals surface area (Å²) in [4.78, 5) is 12.1. The summed E-state index contributed by atoms with van der Waals surface area (Å²) in [6.45, 7) is 0. The van der Waals surface area contributed by atoms with Gasteiger partial charge < -0.3 is 14.0 Å². The highest BCUT2D eigenvalue weighted by Crippen LogP contribution is 2.36. The molecule has 3 aromatic rings. The fraction of sp³-hybridized carbons (Fsp3) is 0.190. The van der Waals surface area contributed by atoms with Crippen molar-refractivity contribution in [2.75, 3.05) is 13.4 Å². The number of ether oxygens (including phenoxy) is 2. The Balaban J connectivity index is 2.14. The van der Waals surface area contributed by atoms with E-state index >= 15 is 0 Å². The van der Waals surface area contributed by atoms with E-state index in [1.165, 1.54) is 17.7 Å². The zero-order valence-corrected chi connectivity index (χ0v) is 16.5. The summed E-state index contributed by atoms with van der Waals surface area (Å²) in [6.07, 6.45) is 3.66. The Bertz CT molecular complexity index is 1070. The molecular formula is C21H19F2NO3S. The van der Waals surface area contributed by atoms with Gasteiger partial charge in [0.2, 0.25) is 0 Å². The Kier molecular flexibility index (Phi) is 6.04. The number of rotatable bonds is 6. The van der Waals surface area contributed by atoms with Crippen LogP contribution in [-0.2, 0) is 12.8 Å². The molecule has 0 unspecified atom stereocenters. The summed E-state index contributed by atoms with van der Waals surface area (Å²) in [7, 11) is 3.05. The van der Waals surface area contributed by atoms with Crippen LogP contribution in [0.2, 0.25) is 0 Å². The van der Waals surface area contributed by atoms with Gasteiger partial charge in [-0.2, -0.15) is 11.8 Å². The van der Waals surface area contributed by atoms with Gasteiger partial charge in [-0.1, -0.05) is 6.07 Å². The van der Waals surface area contributed by atoms with Gasteiger partial charge >= 0.3 is 0 Å². The SMILES string of the molecule is COc1cc(-c2cc(CSC)ccc2Oc2ccc(F)cc2F)cn(C)c1=O. The van der Waals surface area contributed by atoms with Crippen molar-refractivity contribution in [2.45, 2.75) is 5.75 Å². The lowest BCUT2D eigenvalue weighted by molar-refractivity contribution is 0.405. The standard InChI is InChI=1S/C21H19F2NO3S/c1-24-11-14(9-20(26-2)21(24)25)16-8-13(12-28-3)4-6-18(16)27-19-7-5-15(22)10-17(19)23/h4-11H,12H2,1-3H3. The minimum absolute atomic E-state index is 0.0861. The molecule has 0 saturated heterocycles. The van der Waals surface area contributed by atoms with E-state index in [4.69, 9.17) is 9.47 Å². The van der Waals surface area contributed by atoms with Crippen molar-refractivity contribution in [1.82, 2.24) is 4.57 Å². The molecule has 0 amide bonds. The average molecular weight is 403 g/mol. The van der Waals surface area contributed by atoms with Crippen LogP contribution in [0.3, 0.4) is 0 Å². The fourth-order valence-electron chi connectivity index (χ4n) is 2.80. The highest BCUT2D eigenvalue weighted by molar-refractivity contribution is 7.97. The Morgan fingerprint density at radius 2 is 1.79 bits per heavy atom. The molecule has 0 spiro atoms. The third-order valence-electron chi connectivity index (χ3n) is 4.15. The van der Waals surface area contributed by atoms with Crippen LogP contribution in [0.15, 0.2) is 53.5 Å². The van der Waals surface area contributed by atoms with Crippen LogP contribution >= 0.6 is 11.8 Å². The van der Waals surface area contributed by atoms with Gasteiger partial charge in [0.05, 0.1) is 7.11 Å². The highest BCUT2D eigenvalue weighted by Gasteiger charge is 2.15. The second kappa shape index (κ2) is 8.48. The molecule has 0 saturated carbocycles. The zero-order valence-electron chi connectivity index (χ0n) is 15.7. The predicted molar refractivity (Wildman–Crippen MR) is 107 cm³/mol. The summed E-state index contributed by atoms with van der Waals surface area (Å²) in [5.41, 5.74) is 2.13. The summed E-state index contributed by atoms with van der Waals surface area (Å²) in [6, 6.07) is 10.3. The smallest absolute Gasteiger partial charge is 0.292 e. The third kappa shape index (κ3) is 4.20. The van der Waals surface area contributed by atoms with Gasteiger partial charge in [0, 0.05) is 36.2 Å².